The van der Waals surface area contributed by atoms with E-state index < -0.39 is 0 Å². The Morgan fingerprint density at radius 2 is 2.10 bits per heavy atom. The van der Waals surface area contributed by atoms with E-state index in [4.69, 9.17) is 4.74 Å². The van der Waals surface area contributed by atoms with Gasteiger partial charge in [0.2, 0.25) is 5.91 Å². The SMILES string of the molecule is CNCC1CCN(C(=O)C2(CCOC)CCCC2)C1.Cl. The molecule has 0 aromatic rings. The molecule has 0 spiro atoms. The lowest BCUT2D eigenvalue weighted by Gasteiger charge is -2.32. The fourth-order valence-electron chi connectivity index (χ4n) is 3.73. The van der Waals surface area contributed by atoms with Gasteiger partial charge >= 0.3 is 0 Å². The minimum atomic E-state index is -0.107. The maximum Gasteiger partial charge on any atom is 0.228 e. The maximum atomic E-state index is 12.9. The number of nitrogens with zero attached hydrogens (tertiary/aromatic N) is 1. The van der Waals surface area contributed by atoms with Crippen molar-refractivity contribution < 1.29 is 9.53 Å². The van der Waals surface area contributed by atoms with Crippen LogP contribution in [0, 0.1) is 11.3 Å². The van der Waals surface area contributed by atoms with Crippen LogP contribution in [0.1, 0.15) is 38.5 Å². The molecule has 0 aromatic carbocycles. The van der Waals surface area contributed by atoms with Crippen molar-refractivity contribution in [2.45, 2.75) is 38.5 Å². The molecular weight excluding hydrogens is 276 g/mol. The molecule has 1 heterocycles. The minimum absolute atomic E-state index is 0. The van der Waals surface area contributed by atoms with Gasteiger partial charge in [0.15, 0.2) is 0 Å². The van der Waals surface area contributed by atoms with E-state index in [0.717, 1.165) is 45.3 Å². The molecule has 0 radical (unpaired) electrons. The van der Waals surface area contributed by atoms with Crippen molar-refractivity contribution in [1.82, 2.24) is 10.2 Å². The monoisotopic (exact) mass is 304 g/mol. The Bertz CT molecular complexity index is 306. The molecule has 1 aliphatic heterocycles. The normalized spacial score (nSPS) is 24.7. The largest absolute Gasteiger partial charge is 0.385 e. The van der Waals surface area contributed by atoms with E-state index in [1.807, 2.05) is 7.05 Å². The van der Waals surface area contributed by atoms with E-state index in [2.05, 4.69) is 10.2 Å². The lowest BCUT2D eigenvalue weighted by molar-refractivity contribution is -0.142. The van der Waals surface area contributed by atoms with Gasteiger partial charge in [0.25, 0.3) is 0 Å². The minimum Gasteiger partial charge on any atom is -0.385 e. The molecule has 5 heteroatoms. The molecule has 1 N–H and O–H groups in total. The number of ether oxygens (including phenoxy) is 1. The van der Waals surface area contributed by atoms with Gasteiger partial charge in [-0.25, -0.2) is 0 Å². The predicted molar refractivity (Wildman–Crippen MR) is 83.3 cm³/mol. The lowest BCUT2D eigenvalue weighted by atomic mass is 9.81. The van der Waals surface area contributed by atoms with Crippen LogP contribution in [0.25, 0.3) is 0 Å². The van der Waals surface area contributed by atoms with E-state index in [-0.39, 0.29) is 17.8 Å². The van der Waals surface area contributed by atoms with Gasteiger partial charge in [-0.15, -0.1) is 12.4 Å². The summed E-state index contributed by atoms with van der Waals surface area (Å²) in [6, 6.07) is 0. The number of amides is 1. The van der Waals surface area contributed by atoms with Crippen LogP contribution in [-0.4, -0.2) is 51.2 Å². The molecular formula is C15H29ClN2O2. The molecule has 0 aromatic heterocycles. The summed E-state index contributed by atoms with van der Waals surface area (Å²) in [6.07, 6.45) is 6.56. The van der Waals surface area contributed by atoms with E-state index in [1.165, 1.54) is 12.8 Å². The standard InChI is InChI=1S/C15H28N2O2.ClH/c1-16-11-13-5-9-17(12-13)14(18)15(8-10-19-2)6-3-4-7-15;/h13,16H,3-12H2,1-2H3;1H. The van der Waals surface area contributed by atoms with Crippen LogP contribution in [0.15, 0.2) is 0 Å². The third kappa shape index (κ3) is 3.86. The summed E-state index contributed by atoms with van der Waals surface area (Å²) in [5.41, 5.74) is -0.107. The van der Waals surface area contributed by atoms with E-state index >= 15 is 0 Å². The molecule has 2 aliphatic rings. The summed E-state index contributed by atoms with van der Waals surface area (Å²) in [5.74, 6) is 1.04. The second-order valence-electron chi connectivity index (χ2n) is 6.19. The average Bonchev–Trinajstić information content (AvgIpc) is 3.06. The number of nitrogens with one attached hydrogen (secondary N) is 1. The van der Waals surface area contributed by atoms with Crippen molar-refractivity contribution in [1.29, 1.82) is 0 Å². The van der Waals surface area contributed by atoms with Gasteiger partial charge in [-0.3, -0.25) is 4.79 Å². The molecule has 1 saturated heterocycles. The zero-order valence-corrected chi connectivity index (χ0v) is 13.6. The molecule has 1 saturated carbocycles. The van der Waals surface area contributed by atoms with Crippen LogP contribution in [-0.2, 0) is 9.53 Å². The summed E-state index contributed by atoms with van der Waals surface area (Å²) >= 11 is 0. The van der Waals surface area contributed by atoms with Crippen molar-refractivity contribution in [2.75, 3.05) is 40.4 Å². The predicted octanol–water partition coefficient (Wildman–Crippen LogP) is 2.07. The first-order valence-electron chi connectivity index (χ1n) is 7.65. The molecule has 1 atom stereocenters. The molecule has 2 fully saturated rings. The lowest BCUT2D eigenvalue weighted by Crippen LogP contribution is -2.42. The quantitative estimate of drug-likeness (QED) is 0.817. The van der Waals surface area contributed by atoms with E-state index in [9.17, 15) is 4.79 Å². The molecule has 118 valence electrons. The van der Waals surface area contributed by atoms with Gasteiger partial charge in [-0.2, -0.15) is 0 Å². The van der Waals surface area contributed by atoms with Gasteiger partial charge in [-0.1, -0.05) is 12.8 Å². The molecule has 1 amide bonds. The Morgan fingerprint density at radius 1 is 1.40 bits per heavy atom. The van der Waals surface area contributed by atoms with Crippen LogP contribution >= 0.6 is 12.4 Å². The van der Waals surface area contributed by atoms with E-state index in [1.54, 1.807) is 7.11 Å². The molecule has 2 rings (SSSR count). The van der Waals surface area contributed by atoms with Gasteiger partial charge in [0, 0.05) is 26.8 Å². The number of carbonyl (C=O) groups is 1. The van der Waals surface area contributed by atoms with Crippen LogP contribution in [0.2, 0.25) is 0 Å². The average molecular weight is 305 g/mol. The molecule has 1 aliphatic carbocycles. The molecule has 4 nitrogen and oxygen atoms in total. The Hall–Kier alpha value is -0.320. The fraction of sp³-hybridized carbons (Fsp3) is 0.933. The first kappa shape index (κ1) is 17.7. The number of rotatable bonds is 6. The zero-order chi connectivity index (χ0) is 13.7. The van der Waals surface area contributed by atoms with Gasteiger partial charge in [0.05, 0.1) is 5.41 Å². The van der Waals surface area contributed by atoms with Gasteiger partial charge in [0.1, 0.15) is 0 Å². The fourth-order valence-corrected chi connectivity index (χ4v) is 3.73. The Balaban J connectivity index is 0.00000200. The highest BCUT2D eigenvalue weighted by atomic mass is 35.5. The van der Waals surface area contributed by atoms with Crippen molar-refractivity contribution in [2.24, 2.45) is 11.3 Å². The number of hydrogen-bond donors (Lipinski definition) is 1. The highest BCUT2D eigenvalue weighted by Crippen LogP contribution is 2.43. The first-order valence-corrected chi connectivity index (χ1v) is 7.65. The topological polar surface area (TPSA) is 41.6 Å². The number of hydrogen-bond acceptors (Lipinski definition) is 3. The Kier molecular flexibility index (Phi) is 7.27. The van der Waals surface area contributed by atoms with Crippen LogP contribution in [0.4, 0.5) is 0 Å². The van der Waals surface area contributed by atoms with Crippen molar-refractivity contribution in [3.8, 4) is 0 Å². The number of carbonyl (C=O) groups excluding carboxylic acids is 1. The second kappa shape index (κ2) is 8.20. The van der Waals surface area contributed by atoms with Crippen LogP contribution in [0.3, 0.4) is 0 Å². The third-order valence-corrected chi connectivity index (χ3v) is 4.86. The third-order valence-electron chi connectivity index (χ3n) is 4.86. The summed E-state index contributed by atoms with van der Waals surface area (Å²) in [5, 5.41) is 3.22. The number of methoxy groups -OCH3 is 1. The highest BCUT2D eigenvalue weighted by molar-refractivity contribution is 5.85. The Labute approximate surface area is 129 Å². The smallest absolute Gasteiger partial charge is 0.228 e. The van der Waals surface area contributed by atoms with Crippen LogP contribution < -0.4 is 5.32 Å². The zero-order valence-electron chi connectivity index (χ0n) is 12.8. The summed E-state index contributed by atoms with van der Waals surface area (Å²) < 4.78 is 5.22. The molecule has 1 unspecified atom stereocenters. The van der Waals surface area contributed by atoms with Gasteiger partial charge < -0.3 is 15.0 Å². The van der Waals surface area contributed by atoms with Crippen LogP contribution in [0.5, 0.6) is 0 Å². The summed E-state index contributed by atoms with van der Waals surface area (Å²) in [7, 11) is 3.72. The van der Waals surface area contributed by atoms with E-state index in [0.29, 0.717) is 18.4 Å². The van der Waals surface area contributed by atoms with Crippen molar-refractivity contribution in [3.05, 3.63) is 0 Å². The second-order valence-corrected chi connectivity index (χ2v) is 6.19. The summed E-state index contributed by atoms with van der Waals surface area (Å²) in [4.78, 5) is 15.0. The van der Waals surface area contributed by atoms with Crippen molar-refractivity contribution >= 4 is 18.3 Å². The maximum absolute atomic E-state index is 12.9. The highest BCUT2D eigenvalue weighted by Gasteiger charge is 2.44. The van der Waals surface area contributed by atoms with Gasteiger partial charge in [-0.05, 0) is 45.2 Å². The first-order chi connectivity index (χ1) is 9.22. The number of likely N-dealkylation sites (tertiary alicyclic amines) is 1. The number of halogens is 1. The molecule has 20 heavy (non-hydrogen) atoms. The summed E-state index contributed by atoms with van der Waals surface area (Å²) in [6.45, 7) is 3.61. The van der Waals surface area contributed by atoms with Crippen molar-refractivity contribution in [3.63, 3.8) is 0 Å². The molecule has 0 bridgehead atoms. The Morgan fingerprint density at radius 3 is 2.70 bits per heavy atom.